The lowest BCUT2D eigenvalue weighted by Gasteiger charge is -2.17. The molecule has 0 spiro atoms. The third-order valence-corrected chi connectivity index (χ3v) is 3.13. The van der Waals surface area contributed by atoms with Crippen molar-refractivity contribution in [2.24, 2.45) is 0 Å². The van der Waals surface area contributed by atoms with Gasteiger partial charge in [0, 0.05) is 13.6 Å². The van der Waals surface area contributed by atoms with Gasteiger partial charge in [-0.3, -0.25) is 4.79 Å². The first-order valence-corrected chi connectivity index (χ1v) is 6.39. The summed E-state index contributed by atoms with van der Waals surface area (Å²) in [6.07, 6.45) is 1.43. The highest BCUT2D eigenvalue weighted by molar-refractivity contribution is 5.75. The number of anilines is 1. The number of amides is 1. The fourth-order valence-electron chi connectivity index (χ4n) is 2.05. The second-order valence-electron chi connectivity index (χ2n) is 4.74. The van der Waals surface area contributed by atoms with Gasteiger partial charge in [0.25, 0.3) is 0 Å². The van der Waals surface area contributed by atoms with Crippen molar-refractivity contribution in [3.05, 3.63) is 30.1 Å². The van der Waals surface area contributed by atoms with Gasteiger partial charge in [0.15, 0.2) is 11.5 Å². The number of fused-ring (bicyclic) bond motifs is 1. The van der Waals surface area contributed by atoms with Crippen molar-refractivity contribution >= 4 is 11.9 Å². The molecule has 8 heteroatoms. The number of benzene rings is 1. The average Bonchev–Trinajstić information content (AvgIpc) is 3.07. The number of carbonyl (C=O) groups is 1. The van der Waals surface area contributed by atoms with Crippen LogP contribution in [-0.2, 0) is 17.9 Å². The molecule has 1 aliphatic heterocycles. The first-order chi connectivity index (χ1) is 10.1. The fraction of sp³-hybridized carbons (Fsp3) is 0.308. The molecule has 8 nitrogen and oxygen atoms in total. The van der Waals surface area contributed by atoms with Gasteiger partial charge in [-0.15, -0.1) is 5.10 Å². The van der Waals surface area contributed by atoms with E-state index in [1.165, 1.54) is 11.0 Å². The van der Waals surface area contributed by atoms with Crippen LogP contribution in [0.2, 0.25) is 0 Å². The lowest BCUT2D eigenvalue weighted by molar-refractivity contribution is -0.131. The van der Waals surface area contributed by atoms with Gasteiger partial charge >= 0.3 is 0 Å². The molecule has 0 bridgehead atoms. The Morgan fingerprint density at radius 3 is 3.00 bits per heavy atom. The van der Waals surface area contributed by atoms with Crippen LogP contribution in [0.3, 0.4) is 0 Å². The highest BCUT2D eigenvalue weighted by Gasteiger charge is 2.15. The minimum atomic E-state index is -0.0856. The number of nitrogen functional groups attached to an aromatic ring is 1. The standard InChI is InChI=1S/C13H15N5O3/c1-17(12(19)6-18-7-15-13(14)16-18)5-9-2-3-10-11(4-9)21-8-20-10/h2-4,7H,5-6,8H2,1H3,(H2,14,16). The Morgan fingerprint density at radius 2 is 2.24 bits per heavy atom. The summed E-state index contributed by atoms with van der Waals surface area (Å²) in [6.45, 7) is 0.812. The maximum absolute atomic E-state index is 12.1. The molecule has 1 aliphatic rings. The normalized spacial score (nSPS) is 12.4. The molecule has 3 rings (SSSR count). The molecule has 1 aromatic heterocycles. The van der Waals surface area contributed by atoms with Crippen LogP contribution in [0.15, 0.2) is 24.5 Å². The maximum atomic E-state index is 12.1. The van der Waals surface area contributed by atoms with Crippen molar-refractivity contribution < 1.29 is 14.3 Å². The Morgan fingerprint density at radius 1 is 1.43 bits per heavy atom. The zero-order valence-corrected chi connectivity index (χ0v) is 11.5. The third-order valence-electron chi connectivity index (χ3n) is 3.13. The van der Waals surface area contributed by atoms with E-state index in [1.807, 2.05) is 18.2 Å². The number of nitrogens with zero attached hydrogens (tertiary/aromatic N) is 4. The summed E-state index contributed by atoms with van der Waals surface area (Å²) in [5.41, 5.74) is 6.38. The van der Waals surface area contributed by atoms with Crippen molar-refractivity contribution in [3.8, 4) is 11.5 Å². The van der Waals surface area contributed by atoms with Crippen LogP contribution in [0.25, 0.3) is 0 Å². The SMILES string of the molecule is CN(Cc1ccc2c(c1)OCO2)C(=O)Cn1cnc(N)n1. The fourth-order valence-corrected chi connectivity index (χ4v) is 2.05. The van der Waals surface area contributed by atoms with Gasteiger partial charge in [-0.25, -0.2) is 9.67 Å². The predicted molar refractivity (Wildman–Crippen MR) is 73.5 cm³/mol. The van der Waals surface area contributed by atoms with Gasteiger partial charge in [0.1, 0.15) is 12.9 Å². The summed E-state index contributed by atoms with van der Waals surface area (Å²) >= 11 is 0. The van der Waals surface area contributed by atoms with E-state index >= 15 is 0 Å². The molecule has 0 saturated carbocycles. The van der Waals surface area contributed by atoms with Crippen LogP contribution in [0.1, 0.15) is 5.56 Å². The zero-order chi connectivity index (χ0) is 14.8. The summed E-state index contributed by atoms with van der Waals surface area (Å²) in [7, 11) is 1.73. The van der Waals surface area contributed by atoms with Crippen molar-refractivity contribution in [2.45, 2.75) is 13.1 Å². The molecular formula is C13H15N5O3. The largest absolute Gasteiger partial charge is 0.454 e. The Kier molecular flexibility index (Phi) is 3.35. The average molecular weight is 289 g/mol. The molecule has 1 amide bonds. The van der Waals surface area contributed by atoms with Gasteiger partial charge in [-0.1, -0.05) is 6.07 Å². The van der Waals surface area contributed by atoms with Crippen LogP contribution in [-0.4, -0.2) is 39.4 Å². The number of ether oxygens (including phenoxy) is 2. The highest BCUT2D eigenvalue weighted by Crippen LogP contribution is 2.32. The molecule has 0 atom stereocenters. The molecule has 2 N–H and O–H groups in total. The minimum absolute atomic E-state index is 0.0856. The molecule has 0 aliphatic carbocycles. The number of hydrogen-bond acceptors (Lipinski definition) is 6. The smallest absolute Gasteiger partial charge is 0.244 e. The van der Waals surface area contributed by atoms with Crippen LogP contribution in [0, 0.1) is 0 Å². The topological polar surface area (TPSA) is 95.5 Å². The lowest BCUT2D eigenvalue weighted by Crippen LogP contribution is -2.30. The van der Waals surface area contributed by atoms with Gasteiger partial charge < -0.3 is 20.1 Å². The van der Waals surface area contributed by atoms with Crippen molar-refractivity contribution in [3.63, 3.8) is 0 Å². The monoisotopic (exact) mass is 289 g/mol. The van der Waals surface area contributed by atoms with E-state index in [9.17, 15) is 4.79 Å². The molecule has 0 radical (unpaired) electrons. The number of carbonyl (C=O) groups excluding carboxylic acids is 1. The van der Waals surface area contributed by atoms with Gasteiger partial charge in [-0.05, 0) is 17.7 Å². The first-order valence-electron chi connectivity index (χ1n) is 6.39. The first kappa shape index (κ1) is 13.2. The quantitative estimate of drug-likeness (QED) is 0.866. The van der Waals surface area contributed by atoms with E-state index in [-0.39, 0.29) is 25.2 Å². The Hall–Kier alpha value is -2.77. The Labute approximate surface area is 121 Å². The summed E-state index contributed by atoms with van der Waals surface area (Å²) in [6, 6.07) is 5.62. The molecule has 0 fully saturated rings. The molecule has 2 aromatic rings. The molecule has 0 saturated heterocycles. The van der Waals surface area contributed by atoms with Crippen LogP contribution >= 0.6 is 0 Å². The minimum Gasteiger partial charge on any atom is -0.454 e. The van der Waals surface area contributed by atoms with E-state index < -0.39 is 0 Å². The van der Waals surface area contributed by atoms with Crippen molar-refractivity contribution in [1.29, 1.82) is 0 Å². The van der Waals surface area contributed by atoms with Gasteiger partial charge in [0.2, 0.25) is 18.6 Å². The zero-order valence-electron chi connectivity index (χ0n) is 11.5. The lowest BCUT2D eigenvalue weighted by atomic mass is 10.2. The Bertz CT molecular complexity index is 670. The molecule has 110 valence electrons. The number of nitrogens with two attached hydrogens (primary N) is 1. The number of aromatic nitrogens is 3. The van der Waals surface area contributed by atoms with E-state index in [1.54, 1.807) is 11.9 Å². The van der Waals surface area contributed by atoms with Gasteiger partial charge in [-0.2, -0.15) is 0 Å². The third kappa shape index (κ3) is 2.88. The van der Waals surface area contributed by atoms with Crippen LogP contribution in [0.4, 0.5) is 5.95 Å². The molecular weight excluding hydrogens is 274 g/mol. The highest BCUT2D eigenvalue weighted by atomic mass is 16.7. The summed E-state index contributed by atoms with van der Waals surface area (Å²) in [5, 5.41) is 3.89. The van der Waals surface area contributed by atoms with E-state index in [4.69, 9.17) is 15.2 Å². The van der Waals surface area contributed by atoms with Crippen LogP contribution < -0.4 is 15.2 Å². The van der Waals surface area contributed by atoms with Gasteiger partial charge in [0.05, 0.1) is 0 Å². The second kappa shape index (κ2) is 5.31. The summed E-state index contributed by atoms with van der Waals surface area (Å²) in [4.78, 5) is 17.5. The second-order valence-corrected chi connectivity index (χ2v) is 4.74. The molecule has 1 aromatic carbocycles. The van der Waals surface area contributed by atoms with Crippen molar-refractivity contribution in [2.75, 3.05) is 19.6 Å². The van der Waals surface area contributed by atoms with Crippen molar-refractivity contribution in [1.82, 2.24) is 19.7 Å². The maximum Gasteiger partial charge on any atom is 0.244 e. The number of rotatable bonds is 4. The molecule has 21 heavy (non-hydrogen) atoms. The Balaban J connectivity index is 1.62. The number of likely N-dealkylation sites (N-methyl/N-ethyl adjacent to an activating group) is 1. The summed E-state index contributed by atoms with van der Waals surface area (Å²) < 4.78 is 12.0. The molecule has 0 unspecified atom stereocenters. The van der Waals surface area contributed by atoms with E-state index in [0.717, 1.165) is 11.3 Å². The number of hydrogen-bond donors (Lipinski definition) is 1. The van der Waals surface area contributed by atoms with Crippen LogP contribution in [0.5, 0.6) is 11.5 Å². The predicted octanol–water partition coefficient (Wildman–Crippen LogP) is 0.248. The van der Waals surface area contributed by atoms with E-state index in [2.05, 4.69) is 10.1 Å². The molecule has 2 heterocycles. The summed E-state index contributed by atoms with van der Waals surface area (Å²) in [5.74, 6) is 1.50. The van der Waals surface area contributed by atoms with E-state index in [0.29, 0.717) is 12.3 Å².